The van der Waals surface area contributed by atoms with Crippen molar-refractivity contribution in [3.05, 3.63) is 71.6 Å². The van der Waals surface area contributed by atoms with Crippen LogP contribution in [0.5, 0.6) is 0 Å². The molecule has 6 heteroatoms. The molecule has 4 aromatic rings. The van der Waals surface area contributed by atoms with E-state index in [1.807, 2.05) is 24.4 Å². The van der Waals surface area contributed by atoms with Gasteiger partial charge in [0.1, 0.15) is 17.3 Å². The Labute approximate surface area is 154 Å². The molecular weight excluding hydrogens is 346 g/mol. The van der Waals surface area contributed by atoms with Gasteiger partial charge in [0, 0.05) is 34.3 Å². The number of rotatable bonds is 2. The van der Waals surface area contributed by atoms with Crippen molar-refractivity contribution in [1.82, 2.24) is 14.8 Å². The highest BCUT2D eigenvalue weighted by Crippen LogP contribution is 2.41. The van der Waals surface area contributed by atoms with Gasteiger partial charge < -0.3 is 4.57 Å². The van der Waals surface area contributed by atoms with E-state index in [0.717, 1.165) is 22.2 Å². The molecule has 0 unspecified atom stereocenters. The first-order valence-electron chi connectivity index (χ1n) is 8.77. The van der Waals surface area contributed by atoms with Crippen molar-refractivity contribution in [2.45, 2.75) is 19.9 Å². The van der Waals surface area contributed by atoms with Crippen molar-refractivity contribution < 1.29 is 8.78 Å². The molecule has 1 N–H and O–H groups in total. The molecule has 4 nitrogen and oxygen atoms in total. The fourth-order valence-electron chi connectivity index (χ4n) is 3.78. The van der Waals surface area contributed by atoms with Gasteiger partial charge in [0.25, 0.3) is 0 Å². The number of benzene rings is 2. The van der Waals surface area contributed by atoms with Gasteiger partial charge >= 0.3 is 0 Å². The highest BCUT2D eigenvalue weighted by atomic mass is 19.1. The zero-order valence-corrected chi connectivity index (χ0v) is 14.8. The maximum absolute atomic E-state index is 14.6. The average Bonchev–Trinajstić information content (AvgIpc) is 3.22. The minimum absolute atomic E-state index is 0.121. The SMILES string of the molecule is CC(C)n1cc2c3c(cccc31)-c1[nH]ncc1N=C2c1c(F)cccc1F. The predicted molar refractivity (Wildman–Crippen MR) is 102 cm³/mol. The van der Waals surface area contributed by atoms with Crippen LogP contribution in [0.25, 0.3) is 22.2 Å². The van der Waals surface area contributed by atoms with Gasteiger partial charge in [-0.05, 0) is 32.0 Å². The summed E-state index contributed by atoms with van der Waals surface area (Å²) in [6.07, 6.45) is 3.51. The molecule has 27 heavy (non-hydrogen) atoms. The monoisotopic (exact) mass is 362 g/mol. The topological polar surface area (TPSA) is 46.0 Å². The number of nitrogens with zero attached hydrogens (tertiary/aromatic N) is 3. The zero-order valence-electron chi connectivity index (χ0n) is 14.8. The molecule has 0 aliphatic carbocycles. The number of hydrogen-bond acceptors (Lipinski definition) is 2. The first-order chi connectivity index (χ1) is 13.1. The number of aliphatic imine (C=N–C) groups is 1. The summed E-state index contributed by atoms with van der Waals surface area (Å²) in [5, 5.41) is 7.99. The summed E-state index contributed by atoms with van der Waals surface area (Å²) in [7, 11) is 0. The lowest BCUT2D eigenvalue weighted by Crippen LogP contribution is -2.08. The summed E-state index contributed by atoms with van der Waals surface area (Å²) in [6, 6.07) is 10.0. The molecule has 1 aliphatic heterocycles. The van der Waals surface area contributed by atoms with Crippen LogP contribution in [0.2, 0.25) is 0 Å². The van der Waals surface area contributed by atoms with E-state index in [1.54, 1.807) is 6.20 Å². The van der Waals surface area contributed by atoms with Crippen molar-refractivity contribution in [2.24, 2.45) is 4.99 Å². The van der Waals surface area contributed by atoms with Crippen LogP contribution in [0, 0.1) is 11.6 Å². The second-order valence-corrected chi connectivity index (χ2v) is 6.93. The Balaban J connectivity index is 1.96. The molecule has 3 heterocycles. The third kappa shape index (κ3) is 2.19. The second-order valence-electron chi connectivity index (χ2n) is 6.93. The molecule has 0 radical (unpaired) electrons. The Hall–Kier alpha value is -3.28. The molecule has 134 valence electrons. The van der Waals surface area contributed by atoms with E-state index in [9.17, 15) is 8.78 Å². The summed E-state index contributed by atoms with van der Waals surface area (Å²) in [5.41, 5.74) is 4.09. The van der Waals surface area contributed by atoms with Crippen LogP contribution >= 0.6 is 0 Å². The lowest BCUT2D eigenvalue weighted by molar-refractivity contribution is 0.579. The number of nitrogens with one attached hydrogen (secondary N) is 1. The molecule has 2 aromatic carbocycles. The molecule has 0 saturated heterocycles. The minimum Gasteiger partial charge on any atom is -0.344 e. The van der Waals surface area contributed by atoms with E-state index >= 15 is 0 Å². The fraction of sp³-hybridized carbons (Fsp3) is 0.143. The van der Waals surface area contributed by atoms with Gasteiger partial charge in [-0.2, -0.15) is 5.10 Å². The largest absolute Gasteiger partial charge is 0.344 e. The van der Waals surface area contributed by atoms with Crippen molar-refractivity contribution >= 4 is 22.3 Å². The van der Waals surface area contributed by atoms with Gasteiger partial charge in [-0.15, -0.1) is 0 Å². The van der Waals surface area contributed by atoms with Gasteiger partial charge in [0.15, 0.2) is 0 Å². The summed E-state index contributed by atoms with van der Waals surface area (Å²) >= 11 is 0. The normalized spacial score (nSPS) is 13.0. The number of halogens is 2. The minimum atomic E-state index is -0.636. The lowest BCUT2D eigenvalue weighted by atomic mass is 9.98. The molecule has 1 aliphatic rings. The van der Waals surface area contributed by atoms with Crippen molar-refractivity contribution in [2.75, 3.05) is 0 Å². The summed E-state index contributed by atoms with van der Waals surface area (Å²) < 4.78 is 31.4. The Morgan fingerprint density at radius 2 is 1.74 bits per heavy atom. The molecule has 2 aromatic heterocycles. The van der Waals surface area contributed by atoms with E-state index in [4.69, 9.17) is 0 Å². The van der Waals surface area contributed by atoms with Crippen LogP contribution in [0.15, 0.2) is 53.8 Å². The molecular formula is C21H16F2N4. The van der Waals surface area contributed by atoms with E-state index in [-0.39, 0.29) is 17.3 Å². The van der Waals surface area contributed by atoms with Crippen LogP contribution in [0.3, 0.4) is 0 Å². The van der Waals surface area contributed by atoms with Gasteiger partial charge in [0.2, 0.25) is 0 Å². The highest BCUT2D eigenvalue weighted by Gasteiger charge is 2.27. The van der Waals surface area contributed by atoms with Crippen molar-refractivity contribution in [3.63, 3.8) is 0 Å². The molecule has 0 amide bonds. The smallest absolute Gasteiger partial charge is 0.135 e. The van der Waals surface area contributed by atoms with Crippen molar-refractivity contribution in [1.29, 1.82) is 0 Å². The third-order valence-electron chi connectivity index (χ3n) is 4.99. The summed E-state index contributed by atoms with van der Waals surface area (Å²) in [4.78, 5) is 4.63. The third-order valence-corrected chi connectivity index (χ3v) is 4.99. The second kappa shape index (κ2) is 5.61. The number of fused-ring (bicyclic) bond motifs is 2. The van der Waals surface area contributed by atoms with Crippen LogP contribution < -0.4 is 0 Å². The van der Waals surface area contributed by atoms with Crippen LogP contribution in [-0.2, 0) is 0 Å². The van der Waals surface area contributed by atoms with Gasteiger partial charge in [0.05, 0.1) is 23.2 Å². The standard InChI is InChI=1S/C21H16F2N4/c1-11(2)27-10-13-18-12(5-3-8-17(18)27)20-16(9-24-26-20)25-21(13)19-14(22)6-4-7-15(19)23/h3-11H,1-2H3,(H,24,26). The van der Waals surface area contributed by atoms with Gasteiger partial charge in [-0.3, -0.25) is 5.10 Å². The van der Waals surface area contributed by atoms with E-state index in [1.165, 1.54) is 18.2 Å². The quantitative estimate of drug-likeness (QED) is 0.451. The Morgan fingerprint density at radius 3 is 2.48 bits per heavy atom. The number of H-pyrrole nitrogens is 1. The number of aromatic amines is 1. The molecule has 0 saturated carbocycles. The lowest BCUT2D eigenvalue weighted by Gasteiger charge is -2.10. The van der Waals surface area contributed by atoms with Crippen LogP contribution in [-0.4, -0.2) is 20.5 Å². The molecule has 0 fully saturated rings. The van der Waals surface area contributed by atoms with E-state index in [2.05, 4.69) is 33.6 Å². The Kier molecular flexibility index (Phi) is 3.31. The first kappa shape index (κ1) is 15.9. The highest BCUT2D eigenvalue weighted by molar-refractivity contribution is 6.24. The number of aromatic nitrogens is 3. The average molecular weight is 362 g/mol. The molecule has 0 bridgehead atoms. The van der Waals surface area contributed by atoms with Crippen molar-refractivity contribution in [3.8, 4) is 11.3 Å². The molecule has 5 rings (SSSR count). The van der Waals surface area contributed by atoms with Gasteiger partial charge in [-0.25, -0.2) is 13.8 Å². The zero-order chi connectivity index (χ0) is 18.7. The van der Waals surface area contributed by atoms with Crippen LogP contribution in [0.4, 0.5) is 14.5 Å². The summed E-state index contributed by atoms with van der Waals surface area (Å²) in [5.74, 6) is -1.27. The molecule has 0 atom stereocenters. The fourth-order valence-corrected chi connectivity index (χ4v) is 3.78. The summed E-state index contributed by atoms with van der Waals surface area (Å²) in [6.45, 7) is 4.15. The first-order valence-corrected chi connectivity index (χ1v) is 8.77. The maximum atomic E-state index is 14.6. The van der Waals surface area contributed by atoms with Gasteiger partial charge in [-0.1, -0.05) is 18.2 Å². The van der Waals surface area contributed by atoms with E-state index in [0.29, 0.717) is 11.3 Å². The van der Waals surface area contributed by atoms with E-state index < -0.39 is 11.6 Å². The van der Waals surface area contributed by atoms with Crippen LogP contribution in [0.1, 0.15) is 31.0 Å². The predicted octanol–water partition coefficient (Wildman–Crippen LogP) is 5.37. The number of hydrogen-bond donors (Lipinski definition) is 1. The Bertz CT molecular complexity index is 1210. The Morgan fingerprint density at radius 1 is 1.00 bits per heavy atom. The maximum Gasteiger partial charge on any atom is 0.135 e. The molecule has 0 spiro atoms.